The second-order valence-corrected chi connectivity index (χ2v) is 5.34. The fourth-order valence-corrected chi connectivity index (χ4v) is 2.28. The van der Waals surface area contributed by atoms with E-state index in [1.807, 2.05) is 24.3 Å². The summed E-state index contributed by atoms with van der Waals surface area (Å²) in [6, 6.07) is 7.59. The summed E-state index contributed by atoms with van der Waals surface area (Å²) in [5.74, 6) is 0.208. The molecule has 4 heteroatoms. The molecule has 108 valence electrons. The third-order valence-corrected chi connectivity index (χ3v) is 3.29. The highest BCUT2D eigenvalue weighted by molar-refractivity contribution is 5.81. The Morgan fingerprint density at radius 3 is 2.80 bits per heavy atom. The summed E-state index contributed by atoms with van der Waals surface area (Å²) in [6.45, 7) is 4.76. The normalized spacial score (nSPS) is 12.8. The topological polar surface area (TPSA) is 51.5 Å². The van der Waals surface area contributed by atoms with Gasteiger partial charge in [-0.2, -0.15) is 0 Å². The Morgan fingerprint density at radius 1 is 1.35 bits per heavy atom. The molecule has 0 aliphatic rings. The zero-order valence-corrected chi connectivity index (χ0v) is 12.2. The highest BCUT2D eigenvalue weighted by atomic mass is 16.5. The van der Waals surface area contributed by atoms with Gasteiger partial charge < -0.3 is 14.5 Å². The number of ether oxygens (including phenoxy) is 1. The molecular weight excluding hydrogens is 254 g/mol. The predicted octanol–water partition coefficient (Wildman–Crippen LogP) is 3.11. The molecular formula is C16H21NO3. The van der Waals surface area contributed by atoms with Crippen molar-refractivity contribution in [2.75, 3.05) is 7.11 Å². The fraction of sp³-hybridized carbons (Fsp3) is 0.438. The highest BCUT2D eigenvalue weighted by Crippen LogP contribution is 2.20. The van der Waals surface area contributed by atoms with E-state index in [9.17, 15) is 4.79 Å². The van der Waals surface area contributed by atoms with Crippen molar-refractivity contribution in [1.29, 1.82) is 0 Å². The molecule has 0 amide bonds. The van der Waals surface area contributed by atoms with Crippen LogP contribution in [0.2, 0.25) is 0 Å². The number of carbonyl (C=O) groups excluding carboxylic acids is 1. The monoisotopic (exact) mass is 275 g/mol. The van der Waals surface area contributed by atoms with Crippen molar-refractivity contribution < 1.29 is 13.9 Å². The SMILES string of the molecule is COC(=O)C(CC(C)C)NCc1coc2ccccc12. The molecule has 4 nitrogen and oxygen atoms in total. The van der Waals surface area contributed by atoms with Crippen LogP contribution in [0.25, 0.3) is 11.0 Å². The van der Waals surface area contributed by atoms with Gasteiger partial charge in [-0.15, -0.1) is 0 Å². The zero-order valence-electron chi connectivity index (χ0n) is 12.2. The van der Waals surface area contributed by atoms with Gasteiger partial charge in [-0.05, 0) is 18.4 Å². The van der Waals surface area contributed by atoms with Crippen LogP contribution in [0.4, 0.5) is 0 Å². The van der Waals surface area contributed by atoms with Crippen molar-refractivity contribution in [3.8, 4) is 0 Å². The number of hydrogen-bond donors (Lipinski definition) is 1. The Kier molecular flexibility index (Phi) is 4.79. The molecule has 1 heterocycles. The van der Waals surface area contributed by atoms with Crippen LogP contribution in [0.3, 0.4) is 0 Å². The second-order valence-electron chi connectivity index (χ2n) is 5.34. The minimum Gasteiger partial charge on any atom is -0.468 e. The Bertz CT molecular complexity index is 574. The number of hydrogen-bond acceptors (Lipinski definition) is 4. The molecule has 1 atom stereocenters. The minimum absolute atomic E-state index is 0.216. The Morgan fingerprint density at radius 2 is 2.10 bits per heavy atom. The number of furan rings is 1. The third kappa shape index (κ3) is 3.39. The Labute approximate surface area is 119 Å². The molecule has 0 aliphatic carbocycles. The molecule has 2 rings (SSSR count). The quantitative estimate of drug-likeness (QED) is 0.823. The van der Waals surface area contributed by atoms with Gasteiger partial charge in [-0.1, -0.05) is 32.0 Å². The molecule has 1 N–H and O–H groups in total. The predicted molar refractivity (Wildman–Crippen MR) is 78.3 cm³/mol. The largest absolute Gasteiger partial charge is 0.468 e. The number of carbonyl (C=O) groups is 1. The van der Waals surface area contributed by atoms with Gasteiger partial charge in [0, 0.05) is 17.5 Å². The van der Waals surface area contributed by atoms with E-state index in [1.54, 1.807) is 6.26 Å². The molecule has 0 spiro atoms. The van der Waals surface area contributed by atoms with Crippen LogP contribution in [-0.4, -0.2) is 19.1 Å². The van der Waals surface area contributed by atoms with Gasteiger partial charge in [-0.25, -0.2) is 0 Å². The fourth-order valence-electron chi connectivity index (χ4n) is 2.28. The van der Waals surface area contributed by atoms with Crippen LogP contribution in [0.1, 0.15) is 25.8 Å². The lowest BCUT2D eigenvalue weighted by Crippen LogP contribution is -2.38. The van der Waals surface area contributed by atoms with E-state index in [0.717, 1.165) is 23.0 Å². The first-order chi connectivity index (χ1) is 9.61. The first-order valence-corrected chi connectivity index (χ1v) is 6.88. The smallest absolute Gasteiger partial charge is 0.322 e. The molecule has 1 aromatic carbocycles. The highest BCUT2D eigenvalue weighted by Gasteiger charge is 2.20. The molecule has 0 fully saturated rings. The maximum absolute atomic E-state index is 11.8. The lowest BCUT2D eigenvalue weighted by molar-refractivity contribution is -0.143. The van der Waals surface area contributed by atoms with Gasteiger partial charge in [0.25, 0.3) is 0 Å². The van der Waals surface area contributed by atoms with Crippen molar-refractivity contribution in [1.82, 2.24) is 5.32 Å². The lowest BCUT2D eigenvalue weighted by Gasteiger charge is -2.17. The maximum atomic E-state index is 11.8. The maximum Gasteiger partial charge on any atom is 0.322 e. The van der Waals surface area contributed by atoms with E-state index in [2.05, 4.69) is 19.2 Å². The molecule has 0 aliphatic heterocycles. The Hall–Kier alpha value is -1.81. The van der Waals surface area contributed by atoms with Crippen molar-refractivity contribution in [3.05, 3.63) is 36.1 Å². The molecule has 0 radical (unpaired) electrons. The average Bonchev–Trinajstić information content (AvgIpc) is 2.85. The lowest BCUT2D eigenvalue weighted by atomic mass is 10.0. The third-order valence-electron chi connectivity index (χ3n) is 3.29. The number of methoxy groups -OCH3 is 1. The molecule has 0 saturated carbocycles. The van der Waals surface area contributed by atoms with Crippen LogP contribution in [0.5, 0.6) is 0 Å². The van der Waals surface area contributed by atoms with Gasteiger partial charge in [0.1, 0.15) is 11.6 Å². The number of rotatable bonds is 6. The van der Waals surface area contributed by atoms with Gasteiger partial charge in [-0.3, -0.25) is 4.79 Å². The standard InChI is InChI=1S/C16H21NO3/c1-11(2)8-14(16(18)19-3)17-9-12-10-20-15-7-5-4-6-13(12)15/h4-7,10-11,14,17H,8-9H2,1-3H3. The summed E-state index contributed by atoms with van der Waals surface area (Å²) >= 11 is 0. The van der Waals surface area contributed by atoms with Crippen molar-refractivity contribution >= 4 is 16.9 Å². The summed E-state index contributed by atoms with van der Waals surface area (Å²) < 4.78 is 10.3. The van der Waals surface area contributed by atoms with Gasteiger partial charge in [0.15, 0.2) is 0 Å². The average molecular weight is 275 g/mol. The summed E-state index contributed by atoms with van der Waals surface area (Å²) in [6.07, 6.45) is 2.49. The van der Waals surface area contributed by atoms with E-state index in [1.165, 1.54) is 7.11 Å². The number of fused-ring (bicyclic) bond motifs is 1. The van der Waals surface area contributed by atoms with E-state index < -0.39 is 0 Å². The molecule has 0 bridgehead atoms. The molecule has 2 aromatic rings. The summed E-state index contributed by atoms with van der Waals surface area (Å²) in [5, 5.41) is 4.34. The number of benzene rings is 1. The number of nitrogens with one attached hydrogen (secondary N) is 1. The summed E-state index contributed by atoms with van der Waals surface area (Å²) in [4.78, 5) is 11.8. The van der Waals surface area contributed by atoms with Crippen molar-refractivity contribution in [2.45, 2.75) is 32.9 Å². The van der Waals surface area contributed by atoms with Gasteiger partial charge in [0.2, 0.25) is 0 Å². The molecule has 0 saturated heterocycles. The molecule has 1 unspecified atom stereocenters. The first kappa shape index (κ1) is 14.6. The van der Waals surface area contributed by atoms with Crippen LogP contribution in [0.15, 0.2) is 34.9 Å². The zero-order chi connectivity index (χ0) is 14.5. The van der Waals surface area contributed by atoms with Crippen LogP contribution in [-0.2, 0) is 16.1 Å². The van der Waals surface area contributed by atoms with E-state index in [-0.39, 0.29) is 12.0 Å². The van der Waals surface area contributed by atoms with E-state index >= 15 is 0 Å². The minimum atomic E-state index is -0.284. The summed E-state index contributed by atoms with van der Waals surface area (Å²) in [7, 11) is 1.42. The van der Waals surface area contributed by atoms with E-state index in [4.69, 9.17) is 9.15 Å². The molecule has 20 heavy (non-hydrogen) atoms. The van der Waals surface area contributed by atoms with Crippen molar-refractivity contribution in [2.24, 2.45) is 5.92 Å². The van der Waals surface area contributed by atoms with E-state index in [0.29, 0.717) is 12.5 Å². The Balaban J connectivity index is 2.06. The first-order valence-electron chi connectivity index (χ1n) is 6.88. The van der Waals surface area contributed by atoms with Gasteiger partial charge >= 0.3 is 5.97 Å². The number of esters is 1. The van der Waals surface area contributed by atoms with Crippen LogP contribution in [0, 0.1) is 5.92 Å². The van der Waals surface area contributed by atoms with Crippen LogP contribution < -0.4 is 5.32 Å². The second kappa shape index (κ2) is 6.57. The van der Waals surface area contributed by atoms with Gasteiger partial charge in [0.05, 0.1) is 13.4 Å². The van der Waals surface area contributed by atoms with Crippen molar-refractivity contribution in [3.63, 3.8) is 0 Å². The van der Waals surface area contributed by atoms with Crippen LogP contribution >= 0.6 is 0 Å². The summed E-state index contributed by atoms with van der Waals surface area (Å²) in [5.41, 5.74) is 1.92. The number of para-hydroxylation sites is 1. The molecule has 1 aromatic heterocycles.